The van der Waals surface area contributed by atoms with Gasteiger partial charge in [-0.15, -0.1) is 0 Å². The van der Waals surface area contributed by atoms with Gasteiger partial charge in [-0.05, 0) is 48.5 Å². The molecule has 2 aromatic carbocycles. The molecule has 10 heteroatoms. The number of carbonyl (C=O) groups is 1. The van der Waals surface area contributed by atoms with Gasteiger partial charge in [0.15, 0.2) is 5.65 Å². The van der Waals surface area contributed by atoms with Gasteiger partial charge in [0.1, 0.15) is 11.8 Å². The number of piperazine rings is 1. The van der Waals surface area contributed by atoms with Crippen LogP contribution in [0.5, 0.6) is 0 Å². The Balaban J connectivity index is 1.31. The van der Waals surface area contributed by atoms with Crippen molar-refractivity contribution in [1.29, 1.82) is 0 Å². The molecular formula is C26H28N8O2. The maximum absolute atomic E-state index is 11.7. The van der Waals surface area contributed by atoms with Crippen molar-refractivity contribution in [2.45, 2.75) is 0 Å². The molecule has 36 heavy (non-hydrogen) atoms. The molecule has 0 spiro atoms. The molecule has 3 heterocycles. The van der Waals surface area contributed by atoms with Gasteiger partial charge in [-0.1, -0.05) is 12.6 Å². The highest BCUT2D eigenvalue weighted by Gasteiger charge is 2.16. The van der Waals surface area contributed by atoms with Crippen LogP contribution in [-0.2, 0) is 4.79 Å². The van der Waals surface area contributed by atoms with Crippen molar-refractivity contribution >= 4 is 40.1 Å². The zero-order valence-electron chi connectivity index (χ0n) is 19.8. The lowest BCUT2D eigenvalue weighted by molar-refractivity contribution is -0.111. The maximum atomic E-state index is 11.7. The van der Waals surface area contributed by atoms with Gasteiger partial charge in [0.25, 0.3) is 0 Å². The van der Waals surface area contributed by atoms with Crippen LogP contribution in [0.2, 0.25) is 0 Å². The third-order valence-corrected chi connectivity index (χ3v) is 6.14. The number of anilines is 4. The summed E-state index contributed by atoms with van der Waals surface area (Å²) in [7, 11) is 0. The zero-order chi connectivity index (χ0) is 24.9. The van der Waals surface area contributed by atoms with E-state index in [0.29, 0.717) is 22.8 Å². The van der Waals surface area contributed by atoms with Crippen molar-refractivity contribution in [2.24, 2.45) is 0 Å². The molecule has 0 saturated carbocycles. The molecule has 1 aliphatic rings. The second kappa shape index (κ2) is 10.5. The van der Waals surface area contributed by atoms with Gasteiger partial charge in [0.2, 0.25) is 11.9 Å². The molecular weight excluding hydrogens is 456 g/mol. The summed E-state index contributed by atoms with van der Waals surface area (Å²) in [5.41, 5.74) is 4.84. The maximum Gasteiger partial charge on any atom is 0.247 e. The van der Waals surface area contributed by atoms with Crippen LogP contribution < -0.4 is 15.5 Å². The largest absolute Gasteiger partial charge is 0.395 e. The van der Waals surface area contributed by atoms with Crippen molar-refractivity contribution in [2.75, 3.05) is 54.9 Å². The molecule has 0 atom stereocenters. The van der Waals surface area contributed by atoms with Gasteiger partial charge in [0.05, 0.1) is 18.5 Å². The average Bonchev–Trinajstić information content (AvgIpc) is 3.33. The number of amides is 1. The van der Waals surface area contributed by atoms with E-state index in [4.69, 9.17) is 10.1 Å². The fraction of sp³-hybridized carbons (Fsp3) is 0.231. The van der Waals surface area contributed by atoms with Gasteiger partial charge in [0, 0.05) is 49.8 Å². The van der Waals surface area contributed by atoms with Crippen LogP contribution in [0, 0.1) is 0 Å². The van der Waals surface area contributed by atoms with Crippen LogP contribution in [0.1, 0.15) is 0 Å². The van der Waals surface area contributed by atoms with E-state index in [1.54, 1.807) is 12.5 Å². The number of aliphatic hydroxyl groups excluding tert-OH is 1. The Hall–Kier alpha value is -4.28. The highest BCUT2D eigenvalue weighted by molar-refractivity contribution is 5.99. The molecule has 0 unspecified atom stereocenters. The van der Waals surface area contributed by atoms with E-state index < -0.39 is 0 Å². The summed E-state index contributed by atoms with van der Waals surface area (Å²) < 4.78 is 1.85. The van der Waals surface area contributed by atoms with Crippen LogP contribution >= 0.6 is 0 Å². The molecule has 0 bridgehead atoms. The fourth-order valence-electron chi connectivity index (χ4n) is 4.24. The first-order valence-electron chi connectivity index (χ1n) is 11.8. The number of fused-ring (bicyclic) bond motifs is 1. The number of rotatable bonds is 8. The van der Waals surface area contributed by atoms with Crippen molar-refractivity contribution in [3.05, 3.63) is 73.7 Å². The number of aliphatic hydroxyl groups is 1. The van der Waals surface area contributed by atoms with Gasteiger partial charge < -0.3 is 20.6 Å². The normalized spacial score (nSPS) is 14.1. The predicted molar refractivity (Wildman–Crippen MR) is 141 cm³/mol. The summed E-state index contributed by atoms with van der Waals surface area (Å²) in [6.07, 6.45) is 4.60. The fourth-order valence-corrected chi connectivity index (χ4v) is 4.24. The molecule has 1 aliphatic heterocycles. The predicted octanol–water partition coefficient (Wildman–Crippen LogP) is 2.80. The number of benzene rings is 2. The number of carbonyl (C=O) groups excluding carboxylic acids is 1. The van der Waals surface area contributed by atoms with E-state index in [2.05, 4.69) is 49.1 Å². The minimum absolute atomic E-state index is 0.204. The quantitative estimate of drug-likeness (QED) is 0.328. The van der Waals surface area contributed by atoms with Gasteiger partial charge in [-0.3, -0.25) is 14.3 Å². The van der Waals surface area contributed by atoms with Crippen LogP contribution in [0.4, 0.5) is 23.0 Å². The smallest absolute Gasteiger partial charge is 0.247 e. The highest BCUT2D eigenvalue weighted by atomic mass is 16.3. The van der Waals surface area contributed by atoms with Crippen LogP contribution in [0.3, 0.4) is 0 Å². The molecule has 5 rings (SSSR count). The number of hydrogen-bond acceptors (Lipinski definition) is 8. The first kappa shape index (κ1) is 23.5. The van der Waals surface area contributed by atoms with E-state index in [0.717, 1.165) is 44.1 Å². The van der Waals surface area contributed by atoms with E-state index >= 15 is 0 Å². The number of hydrogen-bond donors (Lipinski definition) is 3. The molecule has 1 fully saturated rings. The summed E-state index contributed by atoms with van der Waals surface area (Å²) in [6.45, 7) is 8.20. The lowest BCUT2D eigenvalue weighted by atomic mass is 10.2. The summed E-state index contributed by atoms with van der Waals surface area (Å²) in [5, 5.41) is 15.2. The Kier molecular flexibility index (Phi) is 6.87. The molecule has 2 aromatic heterocycles. The van der Waals surface area contributed by atoms with Crippen LogP contribution in [-0.4, -0.2) is 74.8 Å². The molecule has 3 N–H and O–H groups in total. The Morgan fingerprint density at radius 2 is 1.83 bits per heavy atom. The number of imidazole rings is 1. The lowest BCUT2D eigenvalue weighted by Crippen LogP contribution is -2.47. The molecule has 0 radical (unpaired) electrons. The van der Waals surface area contributed by atoms with E-state index in [1.165, 1.54) is 11.8 Å². The molecule has 1 saturated heterocycles. The van der Waals surface area contributed by atoms with Gasteiger partial charge >= 0.3 is 0 Å². The van der Waals surface area contributed by atoms with E-state index in [9.17, 15) is 4.79 Å². The Labute approximate surface area is 208 Å². The third kappa shape index (κ3) is 5.19. The van der Waals surface area contributed by atoms with Crippen molar-refractivity contribution in [1.82, 2.24) is 24.4 Å². The Bertz CT molecular complexity index is 1360. The van der Waals surface area contributed by atoms with Crippen LogP contribution in [0.25, 0.3) is 16.9 Å². The minimum atomic E-state index is -0.272. The number of nitrogens with zero attached hydrogens (tertiary/aromatic N) is 6. The summed E-state index contributed by atoms with van der Waals surface area (Å²) >= 11 is 0. The monoisotopic (exact) mass is 484 g/mol. The number of aromatic nitrogens is 4. The molecule has 184 valence electrons. The van der Waals surface area contributed by atoms with Crippen molar-refractivity contribution in [3.8, 4) is 5.69 Å². The topological polar surface area (TPSA) is 111 Å². The third-order valence-electron chi connectivity index (χ3n) is 6.14. The molecule has 4 aromatic rings. The average molecular weight is 485 g/mol. The first-order chi connectivity index (χ1) is 17.6. The van der Waals surface area contributed by atoms with Crippen LogP contribution in [0.15, 0.2) is 73.7 Å². The van der Waals surface area contributed by atoms with Crippen molar-refractivity contribution in [3.63, 3.8) is 0 Å². The lowest BCUT2D eigenvalue weighted by Gasteiger charge is -2.35. The summed E-state index contributed by atoms with van der Waals surface area (Å²) in [4.78, 5) is 29.8. The second-order valence-electron chi connectivity index (χ2n) is 8.48. The minimum Gasteiger partial charge on any atom is -0.395 e. The molecule has 0 aliphatic carbocycles. The first-order valence-corrected chi connectivity index (χ1v) is 11.8. The standard InChI is InChI=1S/C26H28N8O2/c1-2-24(36)29-20-4-3-5-22(16-20)34-18-28-23-17-27-26(31-25(23)34)30-19-6-8-21(9-7-19)33-12-10-32(11-13-33)14-15-35/h2-9,16-18,35H,1,10-15H2,(H,29,36)(H,27,30,31). The van der Waals surface area contributed by atoms with Gasteiger partial charge in [-0.25, -0.2) is 9.97 Å². The SMILES string of the molecule is C=CC(=O)Nc1cccc(-n2cnc3cnc(Nc4ccc(N5CCN(CCO)CC5)cc4)nc32)c1. The van der Waals surface area contributed by atoms with E-state index in [-0.39, 0.29) is 12.5 Å². The van der Waals surface area contributed by atoms with E-state index in [1.807, 2.05) is 41.0 Å². The number of nitrogens with one attached hydrogen (secondary N) is 2. The number of β-amino-alcohol motifs (C(OH)–C–C–N with tert-alkyl or cyclic N) is 1. The Morgan fingerprint density at radius 1 is 1.03 bits per heavy atom. The summed E-state index contributed by atoms with van der Waals surface area (Å²) in [6, 6.07) is 15.7. The van der Waals surface area contributed by atoms with Crippen molar-refractivity contribution < 1.29 is 9.90 Å². The molecule has 1 amide bonds. The molecule has 10 nitrogen and oxygen atoms in total. The zero-order valence-corrected chi connectivity index (χ0v) is 19.8. The summed E-state index contributed by atoms with van der Waals surface area (Å²) in [5.74, 6) is 0.192. The van der Waals surface area contributed by atoms with Gasteiger partial charge in [-0.2, -0.15) is 4.98 Å². The Morgan fingerprint density at radius 3 is 2.58 bits per heavy atom. The second-order valence-corrected chi connectivity index (χ2v) is 8.48. The highest BCUT2D eigenvalue weighted by Crippen LogP contribution is 2.23.